The number of carbonyl (C=O) groups is 1. The van der Waals surface area contributed by atoms with E-state index >= 15 is 0 Å². The number of thiophene rings is 1. The van der Waals surface area contributed by atoms with Crippen LogP contribution in [0.4, 0.5) is 10.7 Å². The molecule has 0 bridgehead atoms. The Morgan fingerprint density at radius 1 is 1.19 bits per heavy atom. The number of pyridine rings is 1. The first-order chi connectivity index (χ1) is 14.8. The number of rotatable bonds is 4. The summed E-state index contributed by atoms with van der Waals surface area (Å²) in [5, 5.41) is 4.43. The molecular weight excluding hydrogens is 426 g/mol. The van der Waals surface area contributed by atoms with E-state index in [0.29, 0.717) is 16.5 Å². The van der Waals surface area contributed by atoms with E-state index in [0.717, 1.165) is 41.1 Å². The standard InChI is InChI=1S/C25H26ClN3OS/c1-25(2,3)17-4-9-20-21(14-17)31-24(28-15-16-10-12-27-13-11-16)22(20)23(30)29-19-7-5-18(26)6-8-19/h5-8,10-13,15,17H,4,9,14H2,1-3H3,(H,29,30)/t17-/m0/s1. The molecule has 0 saturated heterocycles. The number of amides is 1. The first-order valence-corrected chi connectivity index (χ1v) is 11.7. The van der Waals surface area contributed by atoms with Crippen LogP contribution in [0.5, 0.6) is 0 Å². The minimum absolute atomic E-state index is 0.115. The summed E-state index contributed by atoms with van der Waals surface area (Å²) in [5.74, 6) is 0.485. The zero-order valence-corrected chi connectivity index (χ0v) is 19.6. The third kappa shape index (κ3) is 5.05. The first-order valence-electron chi connectivity index (χ1n) is 10.5. The van der Waals surface area contributed by atoms with Crippen molar-refractivity contribution in [3.05, 3.63) is 75.4 Å². The molecule has 2 heterocycles. The SMILES string of the molecule is CC(C)(C)[C@H]1CCc2c(sc(N=Cc3ccncc3)c2C(=O)Nc2ccc(Cl)cc2)C1. The number of aromatic nitrogens is 1. The van der Waals surface area contributed by atoms with Crippen molar-refractivity contribution >= 4 is 45.7 Å². The summed E-state index contributed by atoms with van der Waals surface area (Å²) in [6, 6.07) is 11.0. The van der Waals surface area contributed by atoms with Gasteiger partial charge in [0.1, 0.15) is 5.00 Å². The maximum atomic E-state index is 13.3. The van der Waals surface area contributed by atoms with Gasteiger partial charge in [0.15, 0.2) is 0 Å². The smallest absolute Gasteiger partial charge is 0.259 e. The highest BCUT2D eigenvalue weighted by Gasteiger charge is 2.33. The second-order valence-electron chi connectivity index (χ2n) is 8.99. The lowest BCUT2D eigenvalue weighted by Crippen LogP contribution is -2.27. The molecule has 160 valence electrons. The molecule has 1 amide bonds. The molecule has 0 aliphatic heterocycles. The summed E-state index contributed by atoms with van der Waals surface area (Å²) < 4.78 is 0. The Hall–Kier alpha value is -2.50. The molecule has 2 aromatic heterocycles. The summed E-state index contributed by atoms with van der Waals surface area (Å²) in [7, 11) is 0. The van der Waals surface area contributed by atoms with Crippen molar-refractivity contribution in [2.45, 2.75) is 40.0 Å². The predicted octanol–water partition coefficient (Wildman–Crippen LogP) is 6.95. The summed E-state index contributed by atoms with van der Waals surface area (Å²) in [4.78, 5) is 23.4. The Kier molecular flexibility index (Phi) is 6.26. The highest BCUT2D eigenvalue weighted by molar-refractivity contribution is 7.16. The zero-order chi connectivity index (χ0) is 22.0. The fourth-order valence-corrected chi connectivity index (χ4v) is 5.34. The van der Waals surface area contributed by atoms with E-state index in [-0.39, 0.29) is 11.3 Å². The van der Waals surface area contributed by atoms with Crippen LogP contribution in [0.15, 0.2) is 53.8 Å². The van der Waals surface area contributed by atoms with Crippen molar-refractivity contribution in [2.24, 2.45) is 16.3 Å². The number of hydrogen-bond donors (Lipinski definition) is 1. The Morgan fingerprint density at radius 3 is 2.58 bits per heavy atom. The highest BCUT2D eigenvalue weighted by atomic mass is 35.5. The number of fused-ring (bicyclic) bond motifs is 1. The lowest BCUT2D eigenvalue weighted by Gasteiger charge is -2.33. The number of halogens is 1. The van der Waals surface area contributed by atoms with Crippen LogP contribution in [0.3, 0.4) is 0 Å². The van der Waals surface area contributed by atoms with Gasteiger partial charge < -0.3 is 5.32 Å². The Bertz CT molecular complexity index is 1100. The maximum Gasteiger partial charge on any atom is 0.259 e. The van der Waals surface area contributed by atoms with E-state index in [9.17, 15) is 4.79 Å². The number of aliphatic imine (C=N–C) groups is 1. The van der Waals surface area contributed by atoms with Gasteiger partial charge in [-0.15, -0.1) is 11.3 Å². The van der Waals surface area contributed by atoms with Crippen molar-refractivity contribution < 1.29 is 4.79 Å². The van der Waals surface area contributed by atoms with Gasteiger partial charge >= 0.3 is 0 Å². The fraction of sp³-hybridized carbons (Fsp3) is 0.320. The van der Waals surface area contributed by atoms with Gasteiger partial charge in [0.25, 0.3) is 5.91 Å². The Morgan fingerprint density at radius 2 is 1.90 bits per heavy atom. The van der Waals surface area contributed by atoms with Crippen LogP contribution in [-0.4, -0.2) is 17.1 Å². The van der Waals surface area contributed by atoms with Crippen LogP contribution in [0.25, 0.3) is 0 Å². The van der Waals surface area contributed by atoms with E-state index in [4.69, 9.17) is 16.6 Å². The topological polar surface area (TPSA) is 54.4 Å². The van der Waals surface area contributed by atoms with Gasteiger partial charge in [-0.05, 0) is 78.1 Å². The van der Waals surface area contributed by atoms with Crippen molar-refractivity contribution in [3.63, 3.8) is 0 Å². The van der Waals surface area contributed by atoms with E-state index in [1.54, 1.807) is 42.1 Å². The quantitative estimate of drug-likeness (QED) is 0.436. The maximum absolute atomic E-state index is 13.3. The molecule has 1 N–H and O–H groups in total. The monoisotopic (exact) mass is 451 g/mol. The summed E-state index contributed by atoms with van der Waals surface area (Å²) in [5.41, 5.74) is 3.78. The summed E-state index contributed by atoms with van der Waals surface area (Å²) in [6.45, 7) is 6.90. The van der Waals surface area contributed by atoms with Crippen LogP contribution >= 0.6 is 22.9 Å². The van der Waals surface area contributed by atoms with Crippen molar-refractivity contribution in [1.29, 1.82) is 0 Å². The number of nitrogens with one attached hydrogen (secondary N) is 1. The molecule has 0 fully saturated rings. The average molecular weight is 452 g/mol. The van der Waals surface area contributed by atoms with E-state index in [2.05, 4.69) is 31.1 Å². The van der Waals surface area contributed by atoms with E-state index in [1.165, 1.54) is 4.88 Å². The number of hydrogen-bond acceptors (Lipinski definition) is 4. The fourth-order valence-electron chi connectivity index (χ4n) is 3.95. The molecule has 1 aliphatic rings. The van der Waals surface area contributed by atoms with Crippen LogP contribution in [0.1, 0.15) is 53.6 Å². The molecule has 1 aliphatic carbocycles. The average Bonchev–Trinajstić information content (AvgIpc) is 3.12. The molecule has 0 radical (unpaired) electrons. The normalized spacial score (nSPS) is 16.3. The van der Waals surface area contributed by atoms with E-state index < -0.39 is 0 Å². The number of anilines is 1. The number of nitrogens with zero attached hydrogens (tertiary/aromatic N) is 2. The van der Waals surface area contributed by atoms with Crippen LogP contribution in [-0.2, 0) is 12.8 Å². The van der Waals surface area contributed by atoms with Gasteiger partial charge in [-0.1, -0.05) is 32.4 Å². The second kappa shape index (κ2) is 8.93. The largest absolute Gasteiger partial charge is 0.322 e. The van der Waals surface area contributed by atoms with E-state index in [1.807, 2.05) is 24.3 Å². The van der Waals surface area contributed by atoms with Gasteiger partial charge in [-0.2, -0.15) is 0 Å². The van der Waals surface area contributed by atoms with Gasteiger partial charge in [0.05, 0.1) is 5.56 Å². The van der Waals surface area contributed by atoms with Gasteiger partial charge in [0.2, 0.25) is 0 Å². The molecule has 1 atom stereocenters. The third-order valence-electron chi connectivity index (χ3n) is 5.84. The van der Waals surface area contributed by atoms with Gasteiger partial charge in [-0.3, -0.25) is 9.78 Å². The van der Waals surface area contributed by atoms with Crippen LogP contribution in [0, 0.1) is 11.3 Å². The first kappa shape index (κ1) is 21.7. The molecular formula is C25H26ClN3OS. The molecule has 0 saturated carbocycles. The molecule has 0 spiro atoms. The van der Waals surface area contributed by atoms with Crippen molar-refractivity contribution in [2.75, 3.05) is 5.32 Å². The second-order valence-corrected chi connectivity index (χ2v) is 10.5. The molecule has 0 unspecified atom stereocenters. The summed E-state index contributed by atoms with van der Waals surface area (Å²) >= 11 is 7.63. The van der Waals surface area contributed by atoms with Crippen LogP contribution in [0.2, 0.25) is 5.02 Å². The van der Waals surface area contributed by atoms with Gasteiger partial charge in [0, 0.05) is 34.2 Å². The lowest BCUT2D eigenvalue weighted by molar-refractivity contribution is 0.102. The molecule has 3 aromatic rings. The molecule has 6 heteroatoms. The Balaban J connectivity index is 1.69. The molecule has 4 nitrogen and oxygen atoms in total. The Labute approximate surface area is 192 Å². The van der Waals surface area contributed by atoms with Crippen molar-refractivity contribution in [1.82, 2.24) is 4.98 Å². The predicted molar refractivity (Wildman–Crippen MR) is 130 cm³/mol. The van der Waals surface area contributed by atoms with Crippen molar-refractivity contribution in [3.8, 4) is 0 Å². The van der Waals surface area contributed by atoms with Gasteiger partial charge in [-0.25, -0.2) is 4.99 Å². The molecule has 1 aromatic carbocycles. The summed E-state index contributed by atoms with van der Waals surface area (Å²) in [6.07, 6.45) is 8.27. The van der Waals surface area contributed by atoms with Crippen LogP contribution < -0.4 is 5.32 Å². The minimum atomic E-state index is -0.115. The zero-order valence-electron chi connectivity index (χ0n) is 18.0. The minimum Gasteiger partial charge on any atom is -0.322 e. The number of benzene rings is 1. The third-order valence-corrected chi connectivity index (χ3v) is 7.25. The lowest BCUT2D eigenvalue weighted by atomic mass is 9.72. The molecule has 31 heavy (non-hydrogen) atoms. The molecule has 4 rings (SSSR count). The highest BCUT2D eigenvalue weighted by Crippen LogP contribution is 2.45. The number of carbonyl (C=O) groups excluding carboxylic acids is 1.